The van der Waals surface area contributed by atoms with Crippen LogP contribution in [0, 0.1) is 33.5 Å². The summed E-state index contributed by atoms with van der Waals surface area (Å²) in [5, 5.41) is 0. The second kappa shape index (κ2) is 4.62. The van der Waals surface area contributed by atoms with Crippen molar-refractivity contribution in [2.24, 2.45) is 33.5 Å². The Morgan fingerprint density at radius 2 is 1.62 bits per heavy atom. The zero-order chi connectivity index (χ0) is 17.5. The van der Waals surface area contributed by atoms with Crippen LogP contribution in [0.2, 0.25) is 0 Å². The molecule has 5 atom stereocenters. The number of Topliss-reactive ketones (excluding diaryl/α,β-unsaturated/α-hetero) is 1. The Labute approximate surface area is 146 Å². The second-order valence-electron chi connectivity index (χ2n) is 10.4. The van der Waals surface area contributed by atoms with Crippen molar-refractivity contribution in [2.75, 3.05) is 0 Å². The van der Waals surface area contributed by atoms with Gasteiger partial charge >= 0.3 is 0 Å². The fraction of sp³-hybridized carbons (Fsp3) is 0.818. The number of carbonyl (C=O) groups excluding carboxylic acids is 2. The molecule has 4 aliphatic rings. The first-order valence-electron chi connectivity index (χ1n) is 9.83. The monoisotopic (exact) mass is 328 g/mol. The summed E-state index contributed by atoms with van der Waals surface area (Å²) >= 11 is 0. The molecule has 0 N–H and O–H groups in total. The van der Waals surface area contributed by atoms with Crippen LogP contribution >= 0.6 is 0 Å². The first-order valence-corrected chi connectivity index (χ1v) is 9.83. The highest BCUT2D eigenvalue weighted by Crippen LogP contribution is 2.72. The van der Waals surface area contributed by atoms with Crippen molar-refractivity contribution >= 4 is 11.6 Å². The summed E-state index contributed by atoms with van der Waals surface area (Å²) in [7, 11) is 0. The smallest absolute Gasteiger partial charge is 0.156 e. The normalized spacial score (nSPS) is 50.0. The molecule has 0 bridgehead atoms. The lowest BCUT2D eigenvalue weighted by Gasteiger charge is -2.67. The van der Waals surface area contributed by atoms with E-state index in [2.05, 4.69) is 34.6 Å². The van der Waals surface area contributed by atoms with Gasteiger partial charge in [0.2, 0.25) is 0 Å². The molecule has 0 unspecified atom stereocenters. The number of carbonyl (C=O) groups is 2. The average molecular weight is 328 g/mol. The van der Waals surface area contributed by atoms with E-state index in [9.17, 15) is 9.59 Å². The molecular formula is C22H32O2. The predicted molar refractivity (Wildman–Crippen MR) is 95.5 cm³/mol. The molecule has 0 aromatic carbocycles. The third-order valence-corrected chi connectivity index (χ3v) is 9.33. The Kier molecular flexibility index (Phi) is 3.19. The maximum atomic E-state index is 12.6. The van der Waals surface area contributed by atoms with Gasteiger partial charge in [-0.05, 0) is 60.8 Å². The lowest BCUT2D eigenvalue weighted by Crippen LogP contribution is -2.62. The molecule has 0 spiro atoms. The highest BCUT2D eigenvalue weighted by Gasteiger charge is 2.66. The molecule has 0 heterocycles. The molecule has 0 aliphatic heterocycles. The van der Waals surface area contributed by atoms with Crippen LogP contribution in [0.1, 0.15) is 79.6 Å². The van der Waals surface area contributed by atoms with Gasteiger partial charge in [-0.3, -0.25) is 9.59 Å². The molecule has 0 radical (unpaired) electrons. The summed E-state index contributed by atoms with van der Waals surface area (Å²) in [5.74, 6) is 1.92. The molecular weight excluding hydrogens is 296 g/mol. The Morgan fingerprint density at radius 1 is 0.917 bits per heavy atom. The minimum Gasteiger partial charge on any atom is -0.299 e. The maximum Gasteiger partial charge on any atom is 0.156 e. The predicted octanol–water partition coefficient (Wildman–Crippen LogP) is 5.11. The molecule has 0 aromatic rings. The third kappa shape index (κ3) is 1.73. The number of rotatable bonds is 0. The summed E-state index contributed by atoms with van der Waals surface area (Å²) in [6.45, 7) is 11.7. The maximum absolute atomic E-state index is 12.6. The quantitative estimate of drug-likeness (QED) is 0.619. The van der Waals surface area contributed by atoms with Crippen molar-refractivity contribution in [1.29, 1.82) is 0 Å². The topological polar surface area (TPSA) is 34.1 Å². The van der Waals surface area contributed by atoms with Crippen LogP contribution in [-0.4, -0.2) is 11.6 Å². The fourth-order valence-electron chi connectivity index (χ4n) is 7.74. The van der Waals surface area contributed by atoms with Crippen molar-refractivity contribution in [3.8, 4) is 0 Å². The molecule has 4 aliphatic carbocycles. The first kappa shape index (κ1) is 16.5. The van der Waals surface area contributed by atoms with Gasteiger partial charge in [-0.2, -0.15) is 0 Å². The van der Waals surface area contributed by atoms with Crippen molar-refractivity contribution in [1.82, 2.24) is 0 Å². The highest BCUT2D eigenvalue weighted by molar-refractivity contribution is 5.94. The Hall–Kier alpha value is -0.920. The Bertz CT molecular complexity index is 657. The molecule has 2 heteroatoms. The van der Waals surface area contributed by atoms with Gasteiger partial charge < -0.3 is 0 Å². The number of hydrogen-bond acceptors (Lipinski definition) is 2. The van der Waals surface area contributed by atoms with Crippen molar-refractivity contribution < 1.29 is 9.59 Å². The van der Waals surface area contributed by atoms with Crippen LogP contribution in [0.3, 0.4) is 0 Å². The van der Waals surface area contributed by atoms with Gasteiger partial charge in [-0.25, -0.2) is 0 Å². The van der Waals surface area contributed by atoms with E-state index in [1.165, 1.54) is 12.0 Å². The van der Waals surface area contributed by atoms with Crippen molar-refractivity contribution in [2.45, 2.75) is 79.6 Å². The van der Waals surface area contributed by atoms with Crippen LogP contribution in [0.4, 0.5) is 0 Å². The van der Waals surface area contributed by atoms with Gasteiger partial charge in [0.05, 0.1) is 0 Å². The van der Waals surface area contributed by atoms with Gasteiger partial charge in [0.25, 0.3) is 0 Å². The molecule has 24 heavy (non-hydrogen) atoms. The highest BCUT2D eigenvalue weighted by atomic mass is 16.1. The molecule has 132 valence electrons. The molecule has 4 rings (SSSR count). The van der Waals surface area contributed by atoms with Crippen LogP contribution in [-0.2, 0) is 9.59 Å². The van der Waals surface area contributed by atoms with E-state index in [0.717, 1.165) is 32.1 Å². The van der Waals surface area contributed by atoms with E-state index in [4.69, 9.17) is 0 Å². The van der Waals surface area contributed by atoms with Crippen LogP contribution in [0.15, 0.2) is 11.6 Å². The minimum absolute atomic E-state index is 0.0482. The van der Waals surface area contributed by atoms with Crippen LogP contribution < -0.4 is 0 Å². The van der Waals surface area contributed by atoms with Gasteiger partial charge in [0, 0.05) is 23.7 Å². The van der Waals surface area contributed by atoms with Crippen molar-refractivity contribution in [3.63, 3.8) is 0 Å². The van der Waals surface area contributed by atoms with E-state index >= 15 is 0 Å². The second-order valence-corrected chi connectivity index (χ2v) is 10.4. The molecule has 0 aromatic heterocycles. The Morgan fingerprint density at radius 3 is 2.33 bits per heavy atom. The van der Waals surface area contributed by atoms with Gasteiger partial charge in [-0.15, -0.1) is 0 Å². The van der Waals surface area contributed by atoms with Gasteiger partial charge in [0.15, 0.2) is 5.78 Å². The van der Waals surface area contributed by atoms with Gasteiger partial charge in [-0.1, -0.05) is 40.2 Å². The van der Waals surface area contributed by atoms with E-state index < -0.39 is 0 Å². The molecule has 0 saturated heterocycles. The molecule has 0 amide bonds. The van der Waals surface area contributed by atoms with Crippen molar-refractivity contribution in [3.05, 3.63) is 11.6 Å². The van der Waals surface area contributed by atoms with E-state index in [0.29, 0.717) is 29.8 Å². The van der Waals surface area contributed by atoms with E-state index in [-0.39, 0.29) is 21.7 Å². The summed E-state index contributed by atoms with van der Waals surface area (Å²) in [6, 6.07) is 0. The summed E-state index contributed by atoms with van der Waals surface area (Å²) < 4.78 is 0. The summed E-state index contributed by atoms with van der Waals surface area (Å²) in [5.41, 5.74) is 1.72. The SMILES string of the molecule is CC1(C)C(=O)CC[C@]2(C)[C@H]3CCC4=CC(=O)C[C@@]4(C)[C@]3(C)CC[C@@H]12. The van der Waals surface area contributed by atoms with Crippen LogP contribution in [0.5, 0.6) is 0 Å². The summed E-state index contributed by atoms with van der Waals surface area (Å²) in [4.78, 5) is 24.8. The van der Waals surface area contributed by atoms with E-state index in [1.54, 1.807) is 0 Å². The third-order valence-electron chi connectivity index (χ3n) is 9.33. The van der Waals surface area contributed by atoms with Crippen LogP contribution in [0.25, 0.3) is 0 Å². The van der Waals surface area contributed by atoms with E-state index in [1.807, 2.05) is 6.08 Å². The fourth-order valence-corrected chi connectivity index (χ4v) is 7.74. The molecule has 2 nitrogen and oxygen atoms in total. The zero-order valence-corrected chi connectivity index (χ0v) is 16.0. The molecule has 3 fully saturated rings. The summed E-state index contributed by atoms with van der Waals surface area (Å²) in [6.07, 6.45) is 9.04. The standard InChI is InChI=1S/C22H32O2/c1-19(2)16-8-11-21(4)17(20(16,3)10-9-18(19)24)7-6-14-12-15(23)13-22(14,21)5/h12,16-17H,6-11,13H2,1-5H3/t16-,17+,20-,21+,22+/m0/s1. The zero-order valence-electron chi connectivity index (χ0n) is 16.0. The first-order chi connectivity index (χ1) is 11.1. The largest absolute Gasteiger partial charge is 0.299 e. The lowest BCUT2D eigenvalue weighted by molar-refractivity contribution is -0.180. The minimum atomic E-state index is -0.184. The number of allylic oxidation sites excluding steroid dienone is 2. The number of fused-ring (bicyclic) bond motifs is 5. The van der Waals surface area contributed by atoms with Gasteiger partial charge in [0.1, 0.15) is 5.78 Å². The lowest BCUT2D eigenvalue weighted by atomic mass is 9.36. The number of hydrogen-bond donors (Lipinski definition) is 0. The average Bonchev–Trinajstić information content (AvgIpc) is 2.79. The molecule has 3 saturated carbocycles. The Balaban J connectivity index is 1.79. The number of ketones is 2.